The van der Waals surface area contributed by atoms with Crippen molar-refractivity contribution in [2.75, 3.05) is 7.11 Å². The molecule has 0 aromatic carbocycles. The molecule has 0 amide bonds. The zero-order chi connectivity index (χ0) is 29.2. The Morgan fingerprint density at radius 2 is 1.79 bits per heavy atom. The van der Waals surface area contributed by atoms with E-state index in [1.807, 2.05) is 31.2 Å². The van der Waals surface area contributed by atoms with E-state index < -0.39 is 0 Å². The molecule has 1 radical (unpaired) electrons. The number of aryl methyl sites for hydroxylation is 2. The summed E-state index contributed by atoms with van der Waals surface area (Å²) < 4.78 is 4.95. The third kappa shape index (κ3) is 4.58. The van der Waals surface area contributed by atoms with Crippen LogP contribution in [0.5, 0.6) is 0 Å². The molecule has 0 saturated heterocycles. The molecule has 3 aliphatic rings. The number of allylic oxidation sites excluding steroid dienone is 2. The fourth-order valence-electron chi connectivity index (χ4n) is 6.64. The Kier molecular flexibility index (Phi) is 7.90. The van der Waals surface area contributed by atoms with Crippen molar-refractivity contribution in [1.29, 1.82) is 0 Å². The first-order chi connectivity index (χ1) is 19.7. The molecule has 0 fully saturated rings. The van der Waals surface area contributed by atoms with Crippen molar-refractivity contribution in [3.8, 4) is 0 Å². The Bertz CT molecular complexity index is 1860. The van der Waals surface area contributed by atoms with Gasteiger partial charge < -0.3 is 14.7 Å². The number of ether oxygens (including phenoxy) is 1. The van der Waals surface area contributed by atoms with E-state index in [0.29, 0.717) is 17.5 Å². The fraction of sp³-hybridized carbons (Fsp3) is 0.353. The standard InChI is InChI=1S/C34H35N4O3.Mn/c1-8-20-16(3)24-13-26-18(5)22(10-11-31(40)41-7)33(37-26)23-12-30(39)32-19(6)27(38-34(23)32)15-29-21(9-2)17(4)25(36-29)14-28(20)35-24;/h8,13-15,18,22H,1,9-12H2,2-7H3,(H-,35,36,37,38,39);/q-1;+2/p-1. The average molecular weight is 602 g/mol. The van der Waals surface area contributed by atoms with Gasteiger partial charge in [-0.05, 0) is 55.9 Å². The molecule has 0 spiro atoms. The number of methoxy groups -OCH3 is 1. The number of carbonyl (C=O) groups excluding carboxylic acids is 2. The number of Topliss-reactive ketones (excluding diaryl/α,β-unsaturated/α-hetero) is 1. The van der Waals surface area contributed by atoms with Crippen molar-refractivity contribution in [3.63, 3.8) is 0 Å². The maximum absolute atomic E-state index is 13.4. The van der Waals surface area contributed by atoms with Gasteiger partial charge in [-0.3, -0.25) is 14.6 Å². The van der Waals surface area contributed by atoms with Crippen molar-refractivity contribution < 1.29 is 31.4 Å². The molecular weight excluding hydrogens is 567 g/mol. The summed E-state index contributed by atoms with van der Waals surface area (Å²) in [6, 6.07) is 6.09. The number of rotatable bonds is 5. The summed E-state index contributed by atoms with van der Waals surface area (Å²) in [5.41, 5.74) is 13.3. The summed E-state index contributed by atoms with van der Waals surface area (Å²) in [5.74, 6) is -0.233. The van der Waals surface area contributed by atoms with Crippen molar-refractivity contribution in [3.05, 3.63) is 75.4 Å². The number of carbonyl (C=O) groups is 2. The molecule has 0 N–H and O–H groups in total. The molecule has 6 rings (SSSR count). The van der Waals surface area contributed by atoms with Crippen molar-refractivity contribution >= 4 is 51.0 Å². The van der Waals surface area contributed by atoms with Crippen molar-refractivity contribution in [1.82, 2.24) is 19.9 Å². The van der Waals surface area contributed by atoms with Gasteiger partial charge in [0.1, 0.15) is 0 Å². The van der Waals surface area contributed by atoms with Crippen molar-refractivity contribution in [2.24, 2.45) is 0 Å². The van der Waals surface area contributed by atoms with Crippen LogP contribution in [-0.4, -0.2) is 28.8 Å². The van der Waals surface area contributed by atoms with Crippen LogP contribution in [0.2, 0.25) is 0 Å². The number of ketones is 1. The van der Waals surface area contributed by atoms with E-state index in [1.165, 1.54) is 7.11 Å². The number of aromatic nitrogens is 4. The van der Waals surface area contributed by atoms with Gasteiger partial charge in [0.15, 0.2) is 5.78 Å². The molecule has 3 aromatic heterocycles. The number of esters is 1. The normalized spacial score (nSPS) is 17.4. The van der Waals surface area contributed by atoms with Gasteiger partial charge in [-0.2, -0.15) is 0 Å². The van der Waals surface area contributed by atoms with Gasteiger partial charge in [-0.1, -0.05) is 55.8 Å². The van der Waals surface area contributed by atoms with E-state index in [4.69, 9.17) is 24.7 Å². The minimum atomic E-state index is -0.257. The van der Waals surface area contributed by atoms with E-state index in [2.05, 4.69) is 34.3 Å². The third-order valence-corrected chi connectivity index (χ3v) is 9.08. The van der Waals surface area contributed by atoms with Gasteiger partial charge in [0, 0.05) is 41.6 Å². The molecule has 2 atom stereocenters. The van der Waals surface area contributed by atoms with E-state index >= 15 is 0 Å². The summed E-state index contributed by atoms with van der Waals surface area (Å²) in [5, 5.41) is 0. The molecule has 2 aliphatic heterocycles. The Hall–Kier alpha value is -3.74. The van der Waals surface area contributed by atoms with Gasteiger partial charge in [-0.25, -0.2) is 4.98 Å². The summed E-state index contributed by atoms with van der Waals surface area (Å²) in [7, 11) is 1.41. The van der Waals surface area contributed by atoms with E-state index in [9.17, 15) is 9.59 Å². The predicted molar refractivity (Wildman–Crippen MR) is 162 cm³/mol. The second kappa shape index (κ2) is 11.2. The fourth-order valence-corrected chi connectivity index (χ4v) is 6.64. The number of nitrogens with zero attached hydrogens (tertiary/aromatic N) is 4. The summed E-state index contributed by atoms with van der Waals surface area (Å²) in [6.45, 7) is 14.4. The molecule has 215 valence electrons. The maximum Gasteiger partial charge on any atom is 2.00 e. The average Bonchev–Trinajstić information content (AvgIpc) is 3.70. The second-order valence-electron chi connectivity index (χ2n) is 11.3. The van der Waals surface area contributed by atoms with Crippen molar-refractivity contribution in [2.45, 2.75) is 72.1 Å². The monoisotopic (exact) mass is 601 g/mol. The molecule has 42 heavy (non-hydrogen) atoms. The summed E-state index contributed by atoms with van der Waals surface area (Å²) in [4.78, 5) is 45.8. The molecular formula is C34H34MnN4O3. The first kappa shape index (κ1) is 29.7. The Morgan fingerprint density at radius 1 is 1.07 bits per heavy atom. The van der Waals surface area contributed by atoms with Crippen LogP contribution in [0.4, 0.5) is 0 Å². The van der Waals surface area contributed by atoms with E-state index in [1.54, 1.807) is 0 Å². The smallest absolute Gasteiger partial charge is 0.657 e. The quantitative estimate of drug-likeness (QED) is 0.236. The molecule has 0 saturated carbocycles. The Labute approximate surface area is 256 Å². The topological polar surface area (TPSA) is 97.4 Å². The first-order valence-corrected chi connectivity index (χ1v) is 14.3. The Balaban J connectivity index is 0.00000353. The van der Waals surface area contributed by atoms with E-state index in [0.717, 1.165) is 79.1 Å². The SMILES string of the molecule is C=Cc1c(C)c2cc3nc(c4c5[n-]c(cc6nc(cc1[n-]2)C(C)=C6CC)c(C)c5C(=O)C4)C(CCC(=O)OC)C3C.[Mn+2]. The zero-order valence-electron chi connectivity index (χ0n) is 24.9. The minimum Gasteiger partial charge on any atom is -0.657 e. The minimum absolute atomic E-state index is 0. The van der Waals surface area contributed by atoms with Crippen LogP contribution in [0.25, 0.3) is 39.3 Å². The van der Waals surface area contributed by atoms with Crippen LogP contribution >= 0.6 is 0 Å². The van der Waals surface area contributed by atoms with Gasteiger partial charge in [0.2, 0.25) is 0 Å². The zero-order valence-corrected chi connectivity index (χ0v) is 26.1. The molecule has 7 nitrogen and oxygen atoms in total. The summed E-state index contributed by atoms with van der Waals surface area (Å²) >= 11 is 0. The van der Waals surface area contributed by atoms with Crippen LogP contribution < -0.4 is 9.97 Å². The molecule has 2 unspecified atom stereocenters. The van der Waals surface area contributed by atoms with Crippen LogP contribution in [0.1, 0.15) is 107 Å². The number of hydrogen-bond acceptors (Lipinski definition) is 5. The molecule has 8 heteroatoms. The molecule has 5 heterocycles. The van der Waals surface area contributed by atoms with Gasteiger partial charge in [0.05, 0.1) is 18.5 Å². The largest absolute Gasteiger partial charge is 2.00 e. The predicted octanol–water partition coefficient (Wildman–Crippen LogP) is 6.75. The number of fused-ring (bicyclic) bond motifs is 8. The van der Waals surface area contributed by atoms with Crippen LogP contribution in [-0.2, 0) is 33.0 Å². The molecule has 3 aromatic rings. The maximum atomic E-state index is 13.4. The van der Waals surface area contributed by atoms with Gasteiger partial charge in [0.25, 0.3) is 0 Å². The number of hydrogen-bond donors (Lipinski definition) is 0. The van der Waals surface area contributed by atoms with E-state index in [-0.39, 0.29) is 53.5 Å². The second-order valence-corrected chi connectivity index (χ2v) is 11.3. The molecule has 1 aliphatic carbocycles. The van der Waals surface area contributed by atoms with Gasteiger partial charge in [-0.15, -0.1) is 22.1 Å². The summed E-state index contributed by atoms with van der Waals surface area (Å²) in [6.07, 6.45) is 3.78. The van der Waals surface area contributed by atoms with Crippen LogP contribution in [0.15, 0.2) is 24.8 Å². The third-order valence-electron chi connectivity index (χ3n) is 9.08. The van der Waals surface area contributed by atoms with Crippen LogP contribution in [0.3, 0.4) is 0 Å². The Morgan fingerprint density at radius 3 is 2.48 bits per heavy atom. The first-order valence-electron chi connectivity index (χ1n) is 14.3. The van der Waals surface area contributed by atoms with Crippen LogP contribution in [0, 0.1) is 13.8 Å². The molecule has 8 bridgehead atoms. The van der Waals surface area contributed by atoms with Gasteiger partial charge >= 0.3 is 23.0 Å².